The molecule has 0 spiro atoms. The van der Waals surface area contributed by atoms with Crippen molar-refractivity contribution < 1.29 is 17.9 Å². The van der Waals surface area contributed by atoms with Crippen LogP contribution < -0.4 is 0 Å². The van der Waals surface area contributed by atoms with Gasteiger partial charge in [-0.25, -0.2) is 0 Å². The van der Waals surface area contributed by atoms with Gasteiger partial charge in [-0.2, -0.15) is 13.2 Å². The van der Waals surface area contributed by atoms with Crippen molar-refractivity contribution in [2.24, 2.45) is 0 Å². The Balaban J connectivity index is 3.05. The quantitative estimate of drug-likeness (QED) is 0.715. The van der Waals surface area contributed by atoms with Crippen molar-refractivity contribution >= 4 is 0 Å². The molecule has 0 radical (unpaired) electrons. The summed E-state index contributed by atoms with van der Waals surface area (Å²) in [5.41, 5.74) is -0.825. The fourth-order valence-electron chi connectivity index (χ4n) is 0.948. The summed E-state index contributed by atoms with van der Waals surface area (Å²) in [6, 6.07) is 2.24. The first-order valence-corrected chi connectivity index (χ1v) is 3.55. The zero-order chi connectivity index (χ0) is 9.90. The zero-order valence-electron chi connectivity index (χ0n) is 6.93. The number of nitrogens with zero attached hydrogens (tertiary/aromatic N) is 1. The molecule has 0 saturated carbocycles. The van der Waals surface area contributed by atoms with E-state index in [0.717, 1.165) is 6.07 Å². The van der Waals surface area contributed by atoms with Crippen LogP contribution >= 0.6 is 0 Å². The molecule has 0 aliphatic heterocycles. The van der Waals surface area contributed by atoms with Gasteiger partial charge in [0.1, 0.15) is 0 Å². The fourth-order valence-corrected chi connectivity index (χ4v) is 0.948. The first-order chi connectivity index (χ1) is 6.05. The molecule has 5 heteroatoms. The highest BCUT2D eigenvalue weighted by atomic mass is 19.4. The van der Waals surface area contributed by atoms with E-state index in [1.807, 2.05) is 0 Å². The number of halogens is 3. The van der Waals surface area contributed by atoms with Crippen LogP contribution in [0.25, 0.3) is 0 Å². The van der Waals surface area contributed by atoms with Gasteiger partial charge < -0.3 is 4.74 Å². The molecule has 0 bridgehead atoms. The van der Waals surface area contributed by atoms with Crippen molar-refractivity contribution in [3.05, 3.63) is 29.6 Å². The minimum atomic E-state index is -4.36. The Kier molecular flexibility index (Phi) is 2.87. The summed E-state index contributed by atoms with van der Waals surface area (Å²) in [6.45, 7) is -0.129. The van der Waals surface area contributed by atoms with Gasteiger partial charge in [0.05, 0.1) is 17.9 Å². The molecule has 0 saturated heterocycles. The molecular formula is C8H8F3NO. The van der Waals surface area contributed by atoms with Gasteiger partial charge >= 0.3 is 6.18 Å². The van der Waals surface area contributed by atoms with Crippen LogP contribution in [-0.2, 0) is 17.5 Å². The summed E-state index contributed by atoms with van der Waals surface area (Å²) in [5.74, 6) is 0. The fraction of sp³-hybridized carbons (Fsp3) is 0.375. The molecule has 72 valence electrons. The highest BCUT2D eigenvalue weighted by Crippen LogP contribution is 2.30. The molecule has 0 N–H and O–H groups in total. The number of alkyl halides is 3. The summed E-state index contributed by atoms with van der Waals surface area (Å²) in [7, 11) is 1.33. The summed E-state index contributed by atoms with van der Waals surface area (Å²) >= 11 is 0. The number of aromatic nitrogens is 1. The maximum absolute atomic E-state index is 12.3. The van der Waals surface area contributed by atoms with Crippen molar-refractivity contribution in [1.29, 1.82) is 0 Å². The number of methoxy groups -OCH3 is 1. The Hall–Kier alpha value is -1.10. The van der Waals surface area contributed by atoms with Gasteiger partial charge in [0.2, 0.25) is 0 Å². The Morgan fingerprint density at radius 2 is 2.15 bits per heavy atom. The third-order valence-electron chi connectivity index (χ3n) is 1.48. The summed E-state index contributed by atoms with van der Waals surface area (Å²) in [5, 5.41) is 0. The SMILES string of the molecule is COCc1ncccc1C(F)(F)F. The third kappa shape index (κ3) is 2.42. The molecule has 0 aliphatic rings. The number of rotatable bonds is 2. The summed E-state index contributed by atoms with van der Waals surface area (Å²) in [4.78, 5) is 3.59. The van der Waals surface area contributed by atoms with Crippen molar-refractivity contribution in [3.63, 3.8) is 0 Å². The lowest BCUT2D eigenvalue weighted by molar-refractivity contribution is -0.139. The van der Waals surface area contributed by atoms with E-state index < -0.39 is 11.7 Å². The van der Waals surface area contributed by atoms with Crippen LogP contribution in [0.2, 0.25) is 0 Å². The lowest BCUT2D eigenvalue weighted by Crippen LogP contribution is -2.10. The average molecular weight is 191 g/mol. The monoisotopic (exact) mass is 191 g/mol. The first-order valence-electron chi connectivity index (χ1n) is 3.55. The topological polar surface area (TPSA) is 22.1 Å². The zero-order valence-corrected chi connectivity index (χ0v) is 6.93. The highest BCUT2D eigenvalue weighted by molar-refractivity contribution is 5.22. The van der Waals surface area contributed by atoms with Crippen molar-refractivity contribution in [2.75, 3.05) is 7.11 Å². The molecular weight excluding hydrogens is 183 g/mol. The number of ether oxygens (including phenoxy) is 1. The maximum Gasteiger partial charge on any atom is 0.418 e. The van der Waals surface area contributed by atoms with E-state index in [-0.39, 0.29) is 12.3 Å². The van der Waals surface area contributed by atoms with Crippen LogP contribution in [0.15, 0.2) is 18.3 Å². The molecule has 2 nitrogen and oxygen atoms in total. The Morgan fingerprint density at radius 1 is 1.46 bits per heavy atom. The van der Waals surface area contributed by atoms with Crippen LogP contribution in [0.3, 0.4) is 0 Å². The van der Waals surface area contributed by atoms with E-state index in [1.165, 1.54) is 19.4 Å². The molecule has 0 aliphatic carbocycles. The van der Waals surface area contributed by atoms with Gasteiger partial charge in [0.25, 0.3) is 0 Å². The molecule has 0 aromatic carbocycles. The molecule has 13 heavy (non-hydrogen) atoms. The average Bonchev–Trinajstić information content (AvgIpc) is 2.04. The molecule has 1 heterocycles. The first kappa shape index (κ1) is 9.98. The highest BCUT2D eigenvalue weighted by Gasteiger charge is 2.33. The van der Waals surface area contributed by atoms with E-state index >= 15 is 0 Å². The van der Waals surface area contributed by atoms with E-state index in [4.69, 9.17) is 0 Å². The normalized spacial score (nSPS) is 11.7. The van der Waals surface area contributed by atoms with Gasteiger partial charge in [-0.15, -0.1) is 0 Å². The molecule has 0 atom stereocenters. The third-order valence-corrected chi connectivity index (χ3v) is 1.48. The van der Waals surface area contributed by atoms with Crippen molar-refractivity contribution in [1.82, 2.24) is 4.98 Å². The second-order valence-electron chi connectivity index (χ2n) is 2.43. The maximum atomic E-state index is 12.3. The number of pyridine rings is 1. The van der Waals surface area contributed by atoms with Crippen molar-refractivity contribution in [3.8, 4) is 0 Å². The predicted molar refractivity (Wildman–Crippen MR) is 40.0 cm³/mol. The lowest BCUT2D eigenvalue weighted by atomic mass is 10.2. The second-order valence-corrected chi connectivity index (χ2v) is 2.43. The van der Waals surface area contributed by atoms with Gasteiger partial charge in [0.15, 0.2) is 0 Å². The van der Waals surface area contributed by atoms with Crippen LogP contribution in [-0.4, -0.2) is 12.1 Å². The Morgan fingerprint density at radius 3 is 2.69 bits per heavy atom. The van der Waals surface area contributed by atoms with E-state index in [2.05, 4.69) is 9.72 Å². The Bertz CT molecular complexity index is 285. The minimum absolute atomic E-state index is 0.0856. The van der Waals surface area contributed by atoms with Gasteiger partial charge in [-0.1, -0.05) is 0 Å². The van der Waals surface area contributed by atoms with Crippen molar-refractivity contribution in [2.45, 2.75) is 12.8 Å². The van der Waals surface area contributed by atoms with Crippen LogP contribution in [0.4, 0.5) is 13.2 Å². The molecule has 1 aromatic heterocycles. The van der Waals surface area contributed by atoms with E-state index in [1.54, 1.807) is 0 Å². The molecule has 0 unspecified atom stereocenters. The van der Waals surface area contributed by atoms with Gasteiger partial charge in [-0.3, -0.25) is 4.98 Å². The summed E-state index contributed by atoms with van der Waals surface area (Å²) < 4.78 is 41.4. The van der Waals surface area contributed by atoms with Gasteiger partial charge in [-0.05, 0) is 12.1 Å². The van der Waals surface area contributed by atoms with Crippen LogP contribution in [0.1, 0.15) is 11.3 Å². The van der Waals surface area contributed by atoms with Crippen LogP contribution in [0.5, 0.6) is 0 Å². The lowest BCUT2D eigenvalue weighted by Gasteiger charge is -2.10. The van der Waals surface area contributed by atoms with E-state index in [9.17, 15) is 13.2 Å². The largest absolute Gasteiger partial charge is 0.418 e. The van der Waals surface area contributed by atoms with E-state index in [0.29, 0.717) is 0 Å². The molecule has 1 rings (SSSR count). The van der Waals surface area contributed by atoms with Gasteiger partial charge in [0, 0.05) is 13.3 Å². The standard InChI is InChI=1S/C8H8F3NO/c1-13-5-7-6(8(9,10)11)3-2-4-12-7/h2-4H,5H2,1H3. The van der Waals surface area contributed by atoms with Crippen LogP contribution in [0, 0.1) is 0 Å². The predicted octanol–water partition coefficient (Wildman–Crippen LogP) is 2.25. The molecule has 0 fully saturated rings. The Labute approximate surface area is 73.4 Å². The summed E-state index contributed by atoms with van der Waals surface area (Å²) in [6.07, 6.45) is -3.05. The molecule has 0 amide bonds. The number of hydrogen-bond acceptors (Lipinski definition) is 2. The number of hydrogen-bond donors (Lipinski definition) is 0. The second kappa shape index (κ2) is 3.74. The molecule has 1 aromatic rings. The minimum Gasteiger partial charge on any atom is -0.378 e. The smallest absolute Gasteiger partial charge is 0.378 e.